The Kier molecular flexibility index (Phi) is 3.88. The molecule has 1 aliphatic rings. The number of carbonyl (C=O) groups is 1. The quantitative estimate of drug-likeness (QED) is 0.792. The van der Waals surface area contributed by atoms with Crippen molar-refractivity contribution in [2.45, 2.75) is 13.0 Å². The standard InChI is InChI=1S/C12H15N3O2S/c1-8-7-15(4-5-17-8)12(16)10-3-2-9(6-14-10)11(13)18/h2-3,6,8H,4-5,7H2,1H3,(H2,13,18). The minimum Gasteiger partial charge on any atom is -0.389 e. The van der Waals surface area contributed by atoms with Crippen LogP contribution in [-0.4, -0.2) is 46.6 Å². The summed E-state index contributed by atoms with van der Waals surface area (Å²) in [6.45, 7) is 3.71. The molecule has 0 aromatic carbocycles. The first kappa shape index (κ1) is 12.9. The zero-order valence-electron chi connectivity index (χ0n) is 10.1. The number of nitrogens with zero attached hydrogens (tertiary/aromatic N) is 2. The van der Waals surface area contributed by atoms with Crippen LogP contribution in [0.1, 0.15) is 23.0 Å². The topological polar surface area (TPSA) is 68.5 Å². The summed E-state index contributed by atoms with van der Waals surface area (Å²) in [6, 6.07) is 3.36. The van der Waals surface area contributed by atoms with Crippen LogP contribution in [-0.2, 0) is 4.74 Å². The van der Waals surface area contributed by atoms with E-state index in [4.69, 9.17) is 22.7 Å². The molecule has 2 heterocycles. The van der Waals surface area contributed by atoms with E-state index in [-0.39, 0.29) is 17.0 Å². The van der Waals surface area contributed by atoms with Crippen LogP contribution in [0.4, 0.5) is 0 Å². The van der Waals surface area contributed by atoms with E-state index in [0.29, 0.717) is 31.0 Å². The van der Waals surface area contributed by atoms with Gasteiger partial charge in [0.05, 0.1) is 12.7 Å². The summed E-state index contributed by atoms with van der Waals surface area (Å²) in [5.74, 6) is -0.0837. The molecule has 96 valence electrons. The Hall–Kier alpha value is -1.53. The summed E-state index contributed by atoms with van der Waals surface area (Å²) in [4.78, 5) is 18.3. The lowest BCUT2D eigenvalue weighted by Crippen LogP contribution is -2.44. The van der Waals surface area contributed by atoms with E-state index in [1.54, 1.807) is 17.0 Å². The molecule has 2 rings (SSSR count). The van der Waals surface area contributed by atoms with Gasteiger partial charge >= 0.3 is 0 Å². The van der Waals surface area contributed by atoms with Gasteiger partial charge in [-0.15, -0.1) is 0 Å². The fraction of sp³-hybridized carbons (Fsp3) is 0.417. The number of ether oxygens (including phenoxy) is 1. The number of morpholine rings is 1. The van der Waals surface area contributed by atoms with Gasteiger partial charge in [0.2, 0.25) is 0 Å². The molecule has 1 unspecified atom stereocenters. The summed E-state index contributed by atoms with van der Waals surface area (Å²) in [5, 5.41) is 0. The third-order valence-corrected chi connectivity index (χ3v) is 3.03. The zero-order chi connectivity index (χ0) is 13.1. The van der Waals surface area contributed by atoms with Gasteiger partial charge < -0.3 is 15.4 Å². The highest BCUT2D eigenvalue weighted by atomic mass is 32.1. The molecule has 5 nitrogen and oxygen atoms in total. The predicted octanol–water partition coefficient (Wildman–Crippen LogP) is 0.577. The molecule has 6 heteroatoms. The van der Waals surface area contributed by atoms with Gasteiger partial charge in [0.1, 0.15) is 10.7 Å². The monoisotopic (exact) mass is 265 g/mol. The van der Waals surface area contributed by atoms with Crippen molar-refractivity contribution in [2.24, 2.45) is 5.73 Å². The summed E-state index contributed by atoms with van der Waals surface area (Å²) in [7, 11) is 0. The predicted molar refractivity (Wildman–Crippen MR) is 71.4 cm³/mol. The van der Waals surface area contributed by atoms with Crippen molar-refractivity contribution in [1.29, 1.82) is 0 Å². The molecule has 1 saturated heterocycles. The van der Waals surface area contributed by atoms with E-state index in [2.05, 4.69) is 4.98 Å². The Labute approximate surface area is 111 Å². The fourth-order valence-electron chi connectivity index (χ4n) is 1.83. The van der Waals surface area contributed by atoms with Crippen LogP contribution < -0.4 is 5.73 Å². The lowest BCUT2D eigenvalue weighted by atomic mass is 10.2. The average Bonchev–Trinajstić information content (AvgIpc) is 2.38. The molecule has 1 amide bonds. The first-order valence-electron chi connectivity index (χ1n) is 5.74. The Bertz CT molecular complexity index is 461. The molecule has 0 spiro atoms. The highest BCUT2D eigenvalue weighted by molar-refractivity contribution is 7.80. The van der Waals surface area contributed by atoms with Crippen molar-refractivity contribution in [3.63, 3.8) is 0 Å². The first-order chi connectivity index (χ1) is 8.58. The Morgan fingerprint density at radius 3 is 2.94 bits per heavy atom. The van der Waals surface area contributed by atoms with Crippen LogP contribution in [0.25, 0.3) is 0 Å². The van der Waals surface area contributed by atoms with Crippen LogP contribution in [0.5, 0.6) is 0 Å². The highest BCUT2D eigenvalue weighted by Crippen LogP contribution is 2.09. The van der Waals surface area contributed by atoms with Gasteiger partial charge in [0, 0.05) is 24.8 Å². The molecular formula is C12H15N3O2S. The lowest BCUT2D eigenvalue weighted by molar-refractivity contribution is -0.0126. The van der Waals surface area contributed by atoms with Gasteiger partial charge in [-0.2, -0.15) is 0 Å². The largest absolute Gasteiger partial charge is 0.389 e. The average molecular weight is 265 g/mol. The third kappa shape index (κ3) is 2.83. The maximum atomic E-state index is 12.2. The van der Waals surface area contributed by atoms with E-state index in [1.807, 2.05) is 6.92 Å². The number of carbonyl (C=O) groups excluding carboxylic acids is 1. The molecule has 2 N–H and O–H groups in total. The summed E-state index contributed by atoms with van der Waals surface area (Å²) >= 11 is 4.84. The van der Waals surface area contributed by atoms with Crippen LogP contribution in [0.3, 0.4) is 0 Å². The summed E-state index contributed by atoms with van der Waals surface area (Å²) in [5.41, 5.74) is 6.55. The Balaban J connectivity index is 2.10. The Morgan fingerprint density at radius 2 is 2.39 bits per heavy atom. The van der Waals surface area contributed by atoms with E-state index in [9.17, 15) is 4.79 Å². The number of rotatable bonds is 2. The van der Waals surface area contributed by atoms with Crippen molar-refractivity contribution < 1.29 is 9.53 Å². The Morgan fingerprint density at radius 1 is 1.61 bits per heavy atom. The molecule has 0 bridgehead atoms. The van der Waals surface area contributed by atoms with Gasteiger partial charge in [-0.3, -0.25) is 9.78 Å². The molecule has 1 atom stereocenters. The van der Waals surface area contributed by atoms with Crippen molar-refractivity contribution >= 4 is 23.1 Å². The molecule has 0 saturated carbocycles. The van der Waals surface area contributed by atoms with Gasteiger partial charge in [-0.1, -0.05) is 12.2 Å². The number of pyridine rings is 1. The fourth-order valence-corrected chi connectivity index (χ4v) is 1.95. The highest BCUT2D eigenvalue weighted by Gasteiger charge is 2.23. The second-order valence-electron chi connectivity index (χ2n) is 4.23. The molecule has 1 fully saturated rings. The van der Waals surface area contributed by atoms with Crippen LogP contribution in [0.2, 0.25) is 0 Å². The van der Waals surface area contributed by atoms with Crippen LogP contribution in [0.15, 0.2) is 18.3 Å². The van der Waals surface area contributed by atoms with Crippen molar-refractivity contribution in [3.05, 3.63) is 29.6 Å². The van der Waals surface area contributed by atoms with E-state index < -0.39 is 0 Å². The van der Waals surface area contributed by atoms with Crippen molar-refractivity contribution in [3.8, 4) is 0 Å². The minimum absolute atomic E-state index is 0.0681. The molecule has 1 aliphatic heterocycles. The number of nitrogens with two attached hydrogens (primary N) is 1. The van der Waals surface area contributed by atoms with Gasteiger partial charge in [0.25, 0.3) is 5.91 Å². The number of thiocarbonyl (C=S) groups is 1. The lowest BCUT2D eigenvalue weighted by Gasteiger charge is -2.30. The summed E-state index contributed by atoms with van der Waals surface area (Å²) in [6.07, 6.45) is 1.60. The van der Waals surface area contributed by atoms with E-state index >= 15 is 0 Å². The smallest absolute Gasteiger partial charge is 0.272 e. The number of amides is 1. The molecular weight excluding hydrogens is 250 g/mol. The van der Waals surface area contributed by atoms with E-state index in [1.165, 1.54) is 6.20 Å². The number of aromatic nitrogens is 1. The second-order valence-corrected chi connectivity index (χ2v) is 4.67. The first-order valence-corrected chi connectivity index (χ1v) is 6.15. The van der Waals surface area contributed by atoms with Gasteiger partial charge in [0.15, 0.2) is 0 Å². The van der Waals surface area contributed by atoms with Crippen LogP contribution >= 0.6 is 12.2 Å². The second kappa shape index (κ2) is 5.41. The third-order valence-electron chi connectivity index (χ3n) is 2.80. The van der Waals surface area contributed by atoms with Gasteiger partial charge in [-0.25, -0.2) is 0 Å². The zero-order valence-corrected chi connectivity index (χ0v) is 10.9. The van der Waals surface area contributed by atoms with Crippen molar-refractivity contribution in [2.75, 3.05) is 19.7 Å². The van der Waals surface area contributed by atoms with Crippen LogP contribution in [0, 0.1) is 0 Å². The molecule has 18 heavy (non-hydrogen) atoms. The normalized spacial score (nSPS) is 19.6. The molecule has 1 aromatic heterocycles. The maximum Gasteiger partial charge on any atom is 0.272 e. The molecule has 0 aliphatic carbocycles. The number of hydrogen-bond acceptors (Lipinski definition) is 4. The van der Waals surface area contributed by atoms with Crippen molar-refractivity contribution in [1.82, 2.24) is 9.88 Å². The van der Waals surface area contributed by atoms with Gasteiger partial charge in [-0.05, 0) is 19.1 Å². The SMILES string of the molecule is CC1CN(C(=O)c2ccc(C(N)=S)cn2)CCO1. The molecule has 1 aromatic rings. The summed E-state index contributed by atoms with van der Waals surface area (Å²) < 4.78 is 5.40. The maximum absolute atomic E-state index is 12.2. The minimum atomic E-state index is -0.0837. The molecule has 0 radical (unpaired) electrons. The number of hydrogen-bond donors (Lipinski definition) is 1. The van der Waals surface area contributed by atoms with E-state index in [0.717, 1.165) is 0 Å².